The van der Waals surface area contributed by atoms with E-state index in [1.807, 2.05) is 6.92 Å². The Bertz CT molecular complexity index is 601. The summed E-state index contributed by atoms with van der Waals surface area (Å²) < 4.78 is 19.1. The first-order chi connectivity index (χ1) is 11.1. The van der Waals surface area contributed by atoms with Crippen molar-refractivity contribution in [2.45, 2.75) is 26.1 Å². The second-order valence-corrected chi connectivity index (χ2v) is 6.10. The van der Waals surface area contributed by atoms with Gasteiger partial charge in [0.2, 0.25) is 11.8 Å². The van der Waals surface area contributed by atoms with Crippen molar-refractivity contribution >= 4 is 11.8 Å². The molecule has 2 heterocycles. The van der Waals surface area contributed by atoms with Crippen LogP contribution in [0.3, 0.4) is 0 Å². The summed E-state index contributed by atoms with van der Waals surface area (Å²) in [6.45, 7) is 4.34. The van der Waals surface area contributed by atoms with Crippen LogP contribution in [-0.4, -0.2) is 53.9 Å². The number of nitrogens with zero attached hydrogens (tertiary/aromatic N) is 2. The molecule has 2 saturated heterocycles. The lowest BCUT2D eigenvalue weighted by Crippen LogP contribution is -2.56. The normalized spacial score (nSPS) is 21.7. The van der Waals surface area contributed by atoms with Crippen molar-refractivity contribution < 1.29 is 18.7 Å². The van der Waals surface area contributed by atoms with E-state index in [0.29, 0.717) is 38.2 Å². The van der Waals surface area contributed by atoms with Crippen LogP contribution in [0.5, 0.6) is 0 Å². The summed E-state index contributed by atoms with van der Waals surface area (Å²) in [5.41, 5.74) is 0.525. The Balaban J connectivity index is 1.43. The summed E-state index contributed by atoms with van der Waals surface area (Å²) >= 11 is 0. The molecule has 1 unspecified atom stereocenters. The van der Waals surface area contributed by atoms with E-state index in [1.54, 1.807) is 28.0 Å². The zero-order valence-electron chi connectivity index (χ0n) is 13.2. The number of likely N-dealkylation sites (tertiary alicyclic amines) is 2. The molecular formula is C17H21FN2O3. The van der Waals surface area contributed by atoms with E-state index < -0.39 is 0 Å². The van der Waals surface area contributed by atoms with Crippen LogP contribution in [0.2, 0.25) is 0 Å². The Morgan fingerprint density at radius 3 is 2.70 bits per heavy atom. The molecule has 1 aromatic rings. The van der Waals surface area contributed by atoms with Gasteiger partial charge in [0.1, 0.15) is 5.82 Å². The number of hydrogen-bond donors (Lipinski definition) is 0. The van der Waals surface area contributed by atoms with Crippen LogP contribution in [0.4, 0.5) is 4.39 Å². The van der Waals surface area contributed by atoms with E-state index in [1.165, 1.54) is 6.07 Å². The summed E-state index contributed by atoms with van der Waals surface area (Å²) in [5, 5.41) is 0. The zero-order valence-corrected chi connectivity index (χ0v) is 13.2. The predicted molar refractivity (Wildman–Crippen MR) is 81.9 cm³/mol. The molecule has 2 fully saturated rings. The summed E-state index contributed by atoms with van der Waals surface area (Å²) in [7, 11) is 0. The molecule has 124 valence electrons. The highest BCUT2D eigenvalue weighted by Crippen LogP contribution is 2.24. The minimum atomic E-state index is -0.274. The number of carbonyl (C=O) groups is 2. The molecule has 1 aromatic carbocycles. The fraction of sp³-hybridized carbons (Fsp3) is 0.529. The van der Waals surface area contributed by atoms with Gasteiger partial charge in [0.15, 0.2) is 0 Å². The first-order valence-corrected chi connectivity index (χ1v) is 8.00. The molecule has 0 aromatic heterocycles. The zero-order chi connectivity index (χ0) is 16.4. The average molecular weight is 320 g/mol. The largest absolute Gasteiger partial charge is 0.370 e. The van der Waals surface area contributed by atoms with Crippen LogP contribution in [0.1, 0.15) is 18.9 Å². The number of rotatable bonds is 5. The van der Waals surface area contributed by atoms with Gasteiger partial charge >= 0.3 is 0 Å². The summed E-state index contributed by atoms with van der Waals surface area (Å²) in [5.74, 6) is -0.419. The third-order valence-electron chi connectivity index (χ3n) is 4.54. The van der Waals surface area contributed by atoms with Crippen LogP contribution in [0.25, 0.3) is 0 Å². The van der Waals surface area contributed by atoms with Gasteiger partial charge < -0.3 is 14.5 Å². The van der Waals surface area contributed by atoms with E-state index >= 15 is 0 Å². The maximum atomic E-state index is 13.5. The van der Waals surface area contributed by atoms with Gasteiger partial charge in [-0.1, -0.05) is 18.2 Å². The van der Waals surface area contributed by atoms with Crippen LogP contribution in [0.15, 0.2) is 24.3 Å². The Hall–Kier alpha value is -1.95. The van der Waals surface area contributed by atoms with Gasteiger partial charge in [-0.15, -0.1) is 0 Å². The minimum absolute atomic E-state index is 0.0278. The molecule has 0 spiro atoms. The lowest BCUT2D eigenvalue weighted by Gasteiger charge is -2.40. The molecule has 2 amide bonds. The van der Waals surface area contributed by atoms with Crippen molar-refractivity contribution in [1.29, 1.82) is 0 Å². The fourth-order valence-electron chi connectivity index (χ4n) is 3.05. The van der Waals surface area contributed by atoms with Crippen molar-refractivity contribution in [3.63, 3.8) is 0 Å². The van der Waals surface area contributed by atoms with Crippen LogP contribution < -0.4 is 0 Å². The van der Waals surface area contributed by atoms with Gasteiger partial charge in [0, 0.05) is 38.2 Å². The van der Waals surface area contributed by atoms with E-state index in [9.17, 15) is 14.0 Å². The quantitative estimate of drug-likeness (QED) is 0.824. The highest BCUT2D eigenvalue weighted by Gasteiger charge is 2.40. The van der Waals surface area contributed by atoms with Gasteiger partial charge in [-0.25, -0.2) is 4.39 Å². The van der Waals surface area contributed by atoms with Gasteiger partial charge in [-0.3, -0.25) is 9.59 Å². The molecule has 0 bridgehead atoms. The van der Waals surface area contributed by atoms with Crippen molar-refractivity contribution in [3.05, 3.63) is 35.6 Å². The molecule has 0 aliphatic carbocycles. The standard InChI is InChI=1S/C17H21FN2O3/c1-2-19-8-13(7-16(19)21)17(22)20-9-14(10-20)23-11-12-5-3-4-6-15(12)18/h3-6,13-14H,2,7-11H2,1H3. The Morgan fingerprint density at radius 2 is 2.04 bits per heavy atom. The average Bonchev–Trinajstić information content (AvgIpc) is 2.88. The molecule has 0 N–H and O–H groups in total. The lowest BCUT2D eigenvalue weighted by molar-refractivity contribution is -0.150. The second kappa shape index (κ2) is 6.66. The molecule has 3 rings (SSSR count). The third-order valence-corrected chi connectivity index (χ3v) is 4.54. The predicted octanol–water partition coefficient (Wildman–Crippen LogP) is 1.42. The van der Waals surface area contributed by atoms with E-state index in [0.717, 1.165) is 0 Å². The van der Waals surface area contributed by atoms with Gasteiger partial charge in [0.05, 0.1) is 18.6 Å². The molecule has 5 nitrogen and oxygen atoms in total. The molecule has 2 aliphatic heterocycles. The van der Waals surface area contributed by atoms with E-state index in [-0.39, 0.29) is 36.3 Å². The summed E-state index contributed by atoms with van der Waals surface area (Å²) in [6.07, 6.45) is 0.252. The van der Waals surface area contributed by atoms with Crippen molar-refractivity contribution in [2.24, 2.45) is 5.92 Å². The minimum Gasteiger partial charge on any atom is -0.370 e. The van der Waals surface area contributed by atoms with Crippen LogP contribution in [0, 0.1) is 11.7 Å². The maximum Gasteiger partial charge on any atom is 0.228 e. The molecule has 1 atom stereocenters. The van der Waals surface area contributed by atoms with Crippen LogP contribution in [-0.2, 0) is 20.9 Å². The van der Waals surface area contributed by atoms with Gasteiger partial charge in [0.25, 0.3) is 0 Å². The highest BCUT2D eigenvalue weighted by molar-refractivity contribution is 5.89. The molecule has 0 radical (unpaired) electrons. The summed E-state index contributed by atoms with van der Waals surface area (Å²) in [6, 6.07) is 6.52. The lowest BCUT2D eigenvalue weighted by atomic mass is 10.0. The Labute approximate surface area is 135 Å². The monoisotopic (exact) mass is 320 g/mol. The fourth-order valence-corrected chi connectivity index (χ4v) is 3.05. The smallest absolute Gasteiger partial charge is 0.228 e. The number of amides is 2. The number of benzene rings is 1. The third kappa shape index (κ3) is 3.37. The van der Waals surface area contributed by atoms with E-state index in [4.69, 9.17) is 4.74 Å². The first kappa shape index (κ1) is 15.9. The number of halogens is 1. The topological polar surface area (TPSA) is 49.9 Å². The SMILES string of the molecule is CCN1CC(C(=O)N2CC(OCc3ccccc3F)C2)CC1=O. The Kier molecular flexibility index (Phi) is 4.61. The maximum absolute atomic E-state index is 13.5. The van der Waals surface area contributed by atoms with Gasteiger partial charge in [-0.05, 0) is 13.0 Å². The molecule has 6 heteroatoms. The number of ether oxygens (including phenoxy) is 1. The molecule has 23 heavy (non-hydrogen) atoms. The Morgan fingerprint density at radius 1 is 1.30 bits per heavy atom. The van der Waals surface area contributed by atoms with Crippen molar-refractivity contribution in [1.82, 2.24) is 9.80 Å². The molecule has 2 aliphatic rings. The number of carbonyl (C=O) groups excluding carboxylic acids is 2. The highest BCUT2D eigenvalue weighted by atomic mass is 19.1. The summed E-state index contributed by atoms with van der Waals surface area (Å²) in [4.78, 5) is 27.5. The first-order valence-electron chi connectivity index (χ1n) is 8.00. The second-order valence-electron chi connectivity index (χ2n) is 6.10. The van der Waals surface area contributed by atoms with Crippen LogP contribution >= 0.6 is 0 Å². The van der Waals surface area contributed by atoms with Gasteiger partial charge in [-0.2, -0.15) is 0 Å². The van der Waals surface area contributed by atoms with E-state index in [2.05, 4.69) is 0 Å². The molecule has 0 saturated carbocycles. The number of hydrogen-bond acceptors (Lipinski definition) is 3. The molecular weight excluding hydrogens is 299 g/mol. The van der Waals surface area contributed by atoms with Crippen molar-refractivity contribution in [2.75, 3.05) is 26.2 Å². The van der Waals surface area contributed by atoms with Crippen molar-refractivity contribution in [3.8, 4) is 0 Å².